The monoisotopic (exact) mass is 310 g/mol. The highest BCUT2D eigenvalue weighted by Gasteiger charge is 2.08. The molecule has 0 spiro atoms. The maximum atomic E-state index is 11.7. The summed E-state index contributed by atoms with van der Waals surface area (Å²) in [5.74, 6) is -0.544. The molecule has 0 aromatic heterocycles. The van der Waals surface area contributed by atoms with E-state index in [0.717, 1.165) is 0 Å². The van der Waals surface area contributed by atoms with Crippen LogP contribution in [0.1, 0.15) is 16.8 Å². The predicted octanol–water partition coefficient (Wildman–Crippen LogP) is 1.40. The fraction of sp³-hybridized carbons (Fsp3) is 0.300. The van der Waals surface area contributed by atoms with Crippen LogP contribution < -0.4 is 10.5 Å². The highest BCUT2D eigenvalue weighted by Crippen LogP contribution is 2.18. The quantitative estimate of drug-likeness (QED) is 0.806. The van der Waals surface area contributed by atoms with Crippen molar-refractivity contribution in [3.8, 4) is 0 Å². The number of hydrogen-bond donors (Lipinski definition) is 2. The topological polar surface area (TPSA) is 89.3 Å². The van der Waals surface area contributed by atoms with Crippen molar-refractivity contribution in [1.29, 1.82) is 0 Å². The van der Waals surface area contributed by atoms with E-state index in [1.807, 2.05) is 0 Å². The summed E-state index contributed by atoms with van der Waals surface area (Å²) in [5, 5.41) is 8.09. The number of nitrogens with two attached hydrogens (primary N) is 1. The van der Waals surface area contributed by atoms with Gasteiger partial charge in [-0.2, -0.15) is 0 Å². The van der Waals surface area contributed by atoms with Crippen LogP contribution in [0.4, 0.5) is 0 Å². The molecular weight excluding hydrogens is 299 g/mol. The summed E-state index contributed by atoms with van der Waals surface area (Å²) >= 11 is 11.5. The number of carbonyl (C=O) groups excluding carboxylic acids is 1. The van der Waals surface area contributed by atoms with Crippen molar-refractivity contribution in [3.05, 3.63) is 33.8 Å². The zero-order chi connectivity index (χ0) is 13.8. The van der Waals surface area contributed by atoms with Gasteiger partial charge in [0, 0.05) is 22.2 Å². The van der Waals surface area contributed by atoms with E-state index in [0.29, 0.717) is 15.6 Å². The molecule has 0 aliphatic rings. The number of rotatable bonds is 5. The van der Waals surface area contributed by atoms with Crippen LogP contribution in [0, 0.1) is 0 Å². The largest absolute Gasteiger partial charge is 0.352 e. The summed E-state index contributed by atoms with van der Waals surface area (Å²) in [7, 11) is -3.49. The fourth-order valence-electron chi connectivity index (χ4n) is 1.26. The van der Waals surface area contributed by atoms with Gasteiger partial charge < -0.3 is 5.32 Å². The lowest BCUT2D eigenvalue weighted by Crippen LogP contribution is -2.27. The van der Waals surface area contributed by atoms with Gasteiger partial charge in [-0.1, -0.05) is 23.2 Å². The van der Waals surface area contributed by atoms with Gasteiger partial charge in [0.05, 0.1) is 5.75 Å². The van der Waals surface area contributed by atoms with Crippen molar-refractivity contribution in [2.24, 2.45) is 5.14 Å². The van der Waals surface area contributed by atoms with Crippen LogP contribution >= 0.6 is 23.2 Å². The van der Waals surface area contributed by atoms with Gasteiger partial charge in [-0.05, 0) is 24.6 Å². The Kier molecular flexibility index (Phi) is 5.40. The van der Waals surface area contributed by atoms with Gasteiger partial charge in [-0.15, -0.1) is 0 Å². The standard InChI is InChI=1S/C10H12Cl2N2O3S/c11-8-4-7(5-9(12)6-8)10(15)14-2-1-3-18(13,16)17/h4-6H,1-3H2,(H,14,15)(H2,13,16,17). The molecule has 0 heterocycles. The minimum Gasteiger partial charge on any atom is -0.352 e. The number of halogens is 2. The van der Waals surface area contributed by atoms with E-state index in [1.54, 1.807) is 0 Å². The minimum atomic E-state index is -3.49. The second-order valence-electron chi connectivity index (χ2n) is 3.63. The molecule has 0 atom stereocenters. The SMILES string of the molecule is NS(=O)(=O)CCCNC(=O)c1cc(Cl)cc(Cl)c1. The molecule has 8 heteroatoms. The molecule has 1 aromatic carbocycles. The third-order valence-electron chi connectivity index (χ3n) is 2.02. The lowest BCUT2D eigenvalue weighted by atomic mass is 10.2. The summed E-state index contributed by atoms with van der Waals surface area (Å²) in [6.07, 6.45) is 0.249. The smallest absolute Gasteiger partial charge is 0.251 e. The Hall–Kier alpha value is -0.820. The number of amides is 1. The number of carbonyl (C=O) groups is 1. The summed E-state index contributed by atoms with van der Waals surface area (Å²) in [6.45, 7) is 0.208. The van der Waals surface area contributed by atoms with E-state index in [4.69, 9.17) is 28.3 Å². The Balaban J connectivity index is 2.51. The van der Waals surface area contributed by atoms with E-state index in [1.165, 1.54) is 18.2 Å². The van der Waals surface area contributed by atoms with Crippen molar-refractivity contribution in [3.63, 3.8) is 0 Å². The lowest BCUT2D eigenvalue weighted by molar-refractivity contribution is 0.0953. The highest BCUT2D eigenvalue weighted by molar-refractivity contribution is 7.89. The molecule has 1 rings (SSSR count). The molecule has 0 radical (unpaired) electrons. The summed E-state index contributed by atoms with van der Waals surface area (Å²) < 4.78 is 21.3. The van der Waals surface area contributed by atoms with E-state index >= 15 is 0 Å². The Morgan fingerprint density at radius 3 is 2.28 bits per heavy atom. The fourth-order valence-corrected chi connectivity index (χ4v) is 2.34. The van der Waals surface area contributed by atoms with Crippen molar-refractivity contribution in [1.82, 2.24) is 5.32 Å². The molecule has 0 bridgehead atoms. The van der Waals surface area contributed by atoms with Crippen molar-refractivity contribution >= 4 is 39.1 Å². The van der Waals surface area contributed by atoms with Crippen LogP contribution in [0.5, 0.6) is 0 Å². The maximum absolute atomic E-state index is 11.7. The normalized spacial score (nSPS) is 11.3. The van der Waals surface area contributed by atoms with Gasteiger partial charge in [0.15, 0.2) is 0 Å². The Morgan fingerprint density at radius 2 is 1.78 bits per heavy atom. The third kappa shape index (κ3) is 5.68. The Labute approximate surface area is 115 Å². The average Bonchev–Trinajstić information content (AvgIpc) is 2.21. The summed E-state index contributed by atoms with van der Waals surface area (Å²) in [4.78, 5) is 11.7. The minimum absolute atomic E-state index is 0.177. The van der Waals surface area contributed by atoms with Crippen LogP contribution in [0.15, 0.2) is 18.2 Å². The van der Waals surface area contributed by atoms with Gasteiger partial charge in [0.25, 0.3) is 5.91 Å². The van der Waals surface area contributed by atoms with Crippen LogP contribution in [0.25, 0.3) is 0 Å². The zero-order valence-corrected chi connectivity index (χ0v) is 11.6. The van der Waals surface area contributed by atoms with Gasteiger partial charge in [-0.25, -0.2) is 13.6 Å². The number of nitrogens with one attached hydrogen (secondary N) is 1. The molecule has 0 saturated carbocycles. The Morgan fingerprint density at radius 1 is 1.22 bits per heavy atom. The summed E-state index contributed by atoms with van der Waals surface area (Å²) in [6, 6.07) is 4.46. The van der Waals surface area contributed by atoms with Crippen molar-refractivity contribution in [2.75, 3.05) is 12.3 Å². The van der Waals surface area contributed by atoms with Crippen LogP contribution in [0.3, 0.4) is 0 Å². The molecule has 1 aromatic rings. The number of hydrogen-bond acceptors (Lipinski definition) is 3. The first-order valence-corrected chi connectivity index (χ1v) is 7.50. The van der Waals surface area contributed by atoms with Crippen LogP contribution in [0.2, 0.25) is 10.0 Å². The number of sulfonamides is 1. The van der Waals surface area contributed by atoms with E-state index in [2.05, 4.69) is 5.32 Å². The maximum Gasteiger partial charge on any atom is 0.251 e. The molecule has 0 aliphatic heterocycles. The molecule has 18 heavy (non-hydrogen) atoms. The van der Waals surface area contributed by atoms with E-state index in [-0.39, 0.29) is 24.6 Å². The second kappa shape index (κ2) is 6.38. The molecule has 100 valence electrons. The van der Waals surface area contributed by atoms with Crippen LogP contribution in [-0.4, -0.2) is 26.6 Å². The third-order valence-corrected chi connectivity index (χ3v) is 3.31. The van der Waals surface area contributed by atoms with Crippen molar-refractivity contribution in [2.45, 2.75) is 6.42 Å². The molecule has 0 aliphatic carbocycles. The Bertz CT molecular complexity index is 526. The molecule has 5 nitrogen and oxygen atoms in total. The van der Waals surface area contributed by atoms with E-state index in [9.17, 15) is 13.2 Å². The van der Waals surface area contributed by atoms with Crippen LogP contribution in [-0.2, 0) is 10.0 Å². The molecule has 0 fully saturated rings. The van der Waals surface area contributed by atoms with Gasteiger partial charge >= 0.3 is 0 Å². The average molecular weight is 311 g/mol. The molecule has 0 unspecified atom stereocenters. The van der Waals surface area contributed by atoms with Gasteiger partial charge in [-0.3, -0.25) is 4.79 Å². The second-order valence-corrected chi connectivity index (χ2v) is 6.24. The van der Waals surface area contributed by atoms with Crippen molar-refractivity contribution < 1.29 is 13.2 Å². The first-order chi connectivity index (χ1) is 8.28. The zero-order valence-electron chi connectivity index (χ0n) is 9.32. The first kappa shape index (κ1) is 15.2. The number of primary sulfonamides is 1. The summed E-state index contributed by atoms with van der Waals surface area (Å²) in [5.41, 5.74) is 0.322. The number of benzene rings is 1. The molecule has 3 N–H and O–H groups in total. The molecular formula is C10H12Cl2N2O3S. The van der Waals surface area contributed by atoms with Gasteiger partial charge in [0.1, 0.15) is 0 Å². The first-order valence-electron chi connectivity index (χ1n) is 5.03. The van der Waals surface area contributed by atoms with E-state index < -0.39 is 10.0 Å². The predicted molar refractivity (Wildman–Crippen MR) is 71.4 cm³/mol. The highest BCUT2D eigenvalue weighted by atomic mass is 35.5. The molecule has 1 amide bonds. The van der Waals surface area contributed by atoms with Gasteiger partial charge in [0.2, 0.25) is 10.0 Å². The molecule has 0 saturated heterocycles. The lowest BCUT2D eigenvalue weighted by Gasteiger charge is -2.05.